The van der Waals surface area contributed by atoms with Crippen molar-refractivity contribution in [1.82, 2.24) is 0 Å². The van der Waals surface area contributed by atoms with E-state index in [-0.39, 0.29) is 5.91 Å². The molecule has 3 rings (SSSR count). The van der Waals surface area contributed by atoms with Crippen LogP contribution in [0.2, 0.25) is 0 Å². The van der Waals surface area contributed by atoms with E-state index in [2.05, 4.69) is 5.92 Å². The van der Waals surface area contributed by atoms with E-state index in [1.807, 2.05) is 48.5 Å². The van der Waals surface area contributed by atoms with Crippen molar-refractivity contribution in [2.24, 2.45) is 0 Å². The molecule has 0 N–H and O–H groups in total. The summed E-state index contributed by atoms with van der Waals surface area (Å²) in [5.74, 6) is 2.42. The molecule has 0 saturated heterocycles. The monoisotopic (exact) mass is 258 g/mol. The van der Waals surface area contributed by atoms with Crippen LogP contribution in [0.1, 0.15) is 16.1 Å². The molecule has 0 saturated carbocycles. The largest absolute Gasteiger partial charge is 0.426 e. The van der Waals surface area contributed by atoms with Gasteiger partial charge >= 0.3 is 5.91 Å². The Hall–Kier alpha value is -2.92. The predicted molar refractivity (Wildman–Crippen MR) is 78.2 cm³/mol. The van der Waals surface area contributed by atoms with E-state index in [0.29, 0.717) is 11.3 Å². The Bertz CT molecular complexity index is 838. The molecule has 0 atom stereocenters. The fourth-order valence-corrected chi connectivity index (χ4v) is 2.28. The van der Waals surface area contributed by atoms with Crippen LogP contribution in [0.5, 0.6) is 0 Å². The first-order valence-corrected chi connectivity index (χ1v) is 6.31. The van der Waals surface area contributed by atoms with Gasteiger partial charge in [0.15, 0.2) is 6.20 Å². The number of carbonyl (C=O) groups excluding carboxylic acids is 1. The van der Waals surface area contributed by atoms with Crippen molar-refractivity contribution in [2.75, 3.05) is 0 Å². The number of fused-ring (bicyclic) bond motifs is 1. The minimum absolute atomic E-state index is 0.115. The average Bonchev–Trinajstić information content (AvgIpc) is 2.53. The fraction of sp³-hybridized carbons (Fsp3) is 0. The highest BCUT2D eigenvalue weighted by atomic mass is 16.2. The SMILES string of the molecule is C#Cc1cccc[n+]1C(=O)c1cccc2ccccc12. The van der Waals surface area contributed by atoms with Crippen LogP contribution in [0.15, 0.2) is 66.9 Å². The van der Waals surface area contributed by atoms with Gasteiger partial charge in [0.2, 0.25) is 0 Å². The van der Waals surface area contributed by atoms with Crippen LogP contribution in [-0.2, 0) is 0 Å². The summed E-state index contributed by atoms with van der Waals surface area (Å²) < 4.78 is 1.50. The van der Waals surface area contributed by atoms with Crippen LogP contribution < -0.4 is 4.57 Å². The molecule has 0 fully saturated rings. The molecule has 94 valence electrons. The van der Waals surface area contributed by atoms with Crippen LogP contribution in [0, 0.1) is 12.3 Å². The summed E-state index contributed by atoms with van der Waals surface area (Å²) in [6.45, 7) is 0. The van der Waals surface area contributed by atoms with E-state index in [1.165, 1.54) is 4.57 Å². The molecule has 0 aliphatic rings. The van der Waals surface area contributed by atoms with E-state index in [1.54, 1.807) is 18.3 Å². The second-order valence-electron chi connectivity index (χ2n) is 4.43. The molecule has 3 aromatic rings. The Labute approximate surface area is 117 Å². The number of hydrogen-bond acceptors (Lipinski definition) is 1. The van der Waals surface area contributed by atoms with Crippen molar-refractivity contribution < 1.29 is 9.36 Å². The summed E-state index contributed by atoms with van der Waals surface area (Å²) in [5.41, 5.74) is 1.20. The lowest BCUT2D eigenvalue weighted by Gasteiger charge is -2.02. The predicted octanol–water partition coefficient (Wildman–Crippen LogP) is 2.80. The van der Waals surface area contributed by atoms with Gasteiger partial charge in [-0.05, 0) is 28.8 Å². The Morgan fingerprint density at radius 1 is 0.950 bits per heavy atom. The smallest absolute Gasteiger partial charge is 0.214 e. The summed E-state index contributed by atoms with van der Waals surface area (Å²) in [6, 6.07) is 18.9. The minimum atomic E-state index is -0.115. The van der Waals surface area contributed by atoms with Crippen molar-refractivity contribution in [3.8, 4) is 12.3 Å². The van der Waals surface area contributed by atoms with Crippen LogP contribution >= 0.6 is 0 Å². The maximum absolute atomic E-state index is 12.7. The Morgan fingerprint density at radius 2 is 1.70 bits per heavy atom. The topological polar surface area (TPSA) is 20.9 Å². The third-order valence-electron chi connectivity index (χ3n) is 3.25. The normalized spacial score (nSPS) is 10.2. The van der Waals surface area contributed by atoms with Gasteiger partial charge in [0.1, 0.15) is 0 Å². The third-order valence-corrected chi connectivity index (χ3v) is 3.25. The van der Waals surface area contributed by atoms with Crippen LogP contribution in [0.3, 0.4) is 0 Å². The summed E-state index contributed by atoms with van der Waals surface area (Å²) in [7, 11) is 0. The summed E-state index contributed by atoms with van der Waals surface area (Å²) in [4.78, 5) is 12.7. The van der Waals surface area contributed by atoms with Crippen molar-refractivity contribution in [3.63, 3.8) is 0 Å². The van der Waals surface area contributed by atoms with Crippen LogP contribution in [-0.4, -0.2) is 5.91 Å². The highest BCUT2D eigenvalue weighted by Crippen LogP contribution is 2.18. The lowest BCUT2D eigenvalue weighted by atomic mass is 10.0. The van der Waals surface area contributed by atoms with Gasteiger partial charge in [0.05, 0.1) is 5.56 Å². The van der Waals surface area contributed by atoms with Crippen LogP contribution in [0.4, 0.5) is 0 Å². The Morgan fingerprint density at radius 3 is 2.55 bits per heavy atom. The van der Waals surface area contributed by atoms with Crippen molar-refractivity contribution >= 4 is 16.7 Å². The number of terminal acetylenes is 1. The first-order chi connectivity index (χ1) is 9.81. The van der Waals surface area contributed by atoms with Gasteiger partial charge in [-0.1, -0.05) is 36.4 Å². The lowest BCUT2D eigenvalue weighted by Crippen LogP contribution is -2.45. The molecule has 2 aromatic carbocycles. The third kappa shape index (κ3) is 1.96. The molecule has 1 aromatic heterocycles. The van der Waals surface area contributed by atoms with Crippen LogP contribution in [0.25, 0.3) is 10.8 Å². The van der Waals surface area contributed by atoms with Crippen molar-refractivity contribution in [3.05, 3.63) is 78.1 Å². The minimum Gasteiger partial charge on any atom is -0.214 e. The lowest BCUT2D eigenvalue weighted by molar-refractivity contribution is -0.573. The van der Waals surface area contributed by atoms with E-state index in [0.717, 1.165) is 10.8 Å². The van der Waals surface area contributed by atoms with E-state index in [9.17, 15) is 4.79 Å². The number of pyridine rings is 1. The van der Waals surface area contributed by atoms with Gasteiger partial charge in [0, 0.05) is 12.1 Å². The standard InChI is InChI=1S/C18H12NO/c1-2-15-10-5-6-13-19(15)18(20)17-12-7-9-14-8-3-4-11-16(14)17/h1,3-13H/q+1. The molecule has 0 aliphatic heterocycles. The Kier molecular flexibility index (Phi) is 3.02. The van der Waals surface area contributed by atoms with Gasteiger partial charge in [-0.3, -0.25) is 0 Å². The van der Waals surface area contributed by atoms with Gasteiger partial charge in [-0.25, -0.2) is 4.79 Å². The number of carbonyl (C=O) groups is 1. The molecular weight excluding hydrogens is 246 g/mol. The first kappa shape index (κ1) is 12.1. The van der Waals surface area contributed by atoms with Gasteiger partial charge in [-0.15, -0.1) is 11.0 Å². The number of nitrogens with zero attached hydrogens (tertiary/aromatic N) is 1. The maximum Gasteiger partial charge on any atom is 0.426 e. The second kappa shape index (κ2) is 4.99. The van der Waals surface area contributed by atoms with E-state index < -0.39 is 0 Å². The molecular formula is C18H12NO+. The van der Waals surface area contributed by atoms with Gasteiger partial charge in [-0.2, -0.15) is 0 Å². The molecule has 20 heavy (non-hydrogen) atoms. The zero-order valence-electron chi connectivity index (χ0n) is 10.8. The van der Waals surface area contributed by atoms with Crippen molar-refractivity contribution in [2.45, 2.75) is 0 Å². The van der Waals surface area contributed by atoms with Gasteiger partial charge in [0.25, 0.3) is 5.69 Å². The molecule has 0 unspecified atom stereocenters. The highest BCUT2D eigenvalue weighted by Gasteiger charge is 2.22. The quantitative estimate of drug-likeness (QED) is 0.485. The summed E-state index contributed by atoms with van der Waals surface area (Å²) in [6.07, 6.45) is 7.15. The fourth-order valence-electron chi connectivity index (χ4n) is 2.28. The highest BCUT2D eigenvalue weighted by molar-refractivity contribution is 6.03. The zero-order valence-corrected chi connectivity index (χ0v) is 10.8. The second-order valence-corrected chi connectivity index (χ2v) is 4.43. The molecule has 0 aliphatic carbocycles. The average molecular weight is 258 g/mol. The zero-order chi connectivity index (χ0) is 13.9. The molecule has 0 radical (unpaired) electrons. The van der Waals surface area contributed by atoms with E-state index >= 15 is 0 Å². The number of rotatable bonds is 1. The molecule has 0 bridgehead atoms. The first-order valence-electron chi connectivity index (χ1n) is 6.31. The Balaban J connectivity index is 2.21. The number of aromatic nitrogens is 1. The molecule has 2 heteroatoms. The molecule has 0 spiro atoms. The summed E-state index contributed by atoms with van der Waals surface area (Å²) in [5, 5.41) is 1.97. The van der Waals surface area contributed by atoms with E-state index in [4.69, 9.17) is 6.42 Å². The maximum atomic E-state index is 12.7. The van der Waals surface area contributed by atoms with Gasteiger partial charge < -0.3 is 0 Å². The number of hydrogen-bond donors (Lipinski definition) is 0. The van der Waals surface area contributed by atoms with Crippen molar-refractivity contribution in [1.29, 1.82) is 0 Å². The molecule has 2 nitrogen and oxygen atoms in total. The molecule has 1 heterocycles. The molecule has 0 amide bonds. The summed E-state index contributed by atoms with van der Waals surface area (Å²) >= 11 is 0. The number of benzene rings is 2.